The van der Waals surface area contributed by atoms with Crippen LogP contribution in [0.4, 0.5) is 4.79 Å². The van der Waals surface area contributed by atoms with Crippen molar-refractivity contribution in [3.05, 3.63) is 35.9 Å². The van der Waals surface area contributed by atoms with Crippen LogP contribution in [0.15, 0.2) is 30.3 Å². The van der Waals surface area contributed by atoms with Gasteiger partial charge in [0.05, 0.1) is 0 Å². The Labute approximate surface area is 122 Å². The first-order chi connectivity index (χ1) is 9.68. The molecule has 0 aliphatic carbocycles. The minimum absolute atomic E-state index is 0.323. The van der Waals surface area contributed by atoms with E-state index in [0.717, 1.165) is 17.9 Å². The molecule has 1 amide bonds. The van der Waals surface area contributed by atoms with Gasteiger partial charge in [0.1, 0.15) is 6.61 Å². The summed E-state index contributed by atoms with van der Waals surface area (Å²) in [6, 6.07) is 9.72. The molecule has 3 heteroatoms. The first-order valence-corrected chi connectivity index (χ1v) is 7.63. The topological polar surface area (TPSA) is 38.3 Å². The van der Waals surface area contributed by atoms with Crippen LogP contribution in [0.3, 0.4) is 0 Å². The largest absolute Gasteiger partial charge is 0.445 e. The maximum Gasteiger partial charge on any atom is 0.407 e. The molecule has 1 aromatic carbocycles. The van der Waals surface area contributed by atoms with E-state index in [1.165, 1.54) is 25.7 Å². The molecule has 1 rings (SSSR count). The highest BCUT2D eigenvalue weighted by molar-refractivity contribution is 5.67. The molecule has 0 radical (unpaired) electrons. The van der Waals surface area contributed by atoms with Gasteiger partial charge >= 0.3 is 6.09 Å². The molecule has 1 aromatic rings. The molecular formula is C17H27NO2. The summed E-state index contributed by atoms with van der Waals surface area (Å²) in [5.74, 6) is 0.793. The molecule has 0 heterocycles. The van der Waals surface area contributed by atoms with E-state index in [4.69, 9.17) is 4.74 Å². The standard InChI is InChI=1S/C17H27NO2/c1-15(2)10-6-3-4-9-13-18-17(19)20-14-16-11-7-5-8-12-16/h5,7-8,11-12,15H,3-4,6,9-10,13-14H2,1-2H3,(H,18,19). The van der Waals surface area contributed by atoms with Crippen molar-refractivity contribution in [2.75, 3.05) is 6.54 Å². The Morgan fingerprint density at radius 2 is 1.80 bits per heavy atom. The highest BCUT2D eigenvalue weighted by Gasteiger charge is 2.01. The minimum Gasteiger partial charge on any atom is -0.445 e. The van der Waals surface area contributed by atoms with Crippen molar-refractivity contribution in [1.29, 1.82) is 0 Å². The molecule has 0 unspecified atom stereocenters. The second-order valence-electron chi connectivity index (χ2n) is 5.59. The average Bonchev–Trinajstić information content (AvgIpc) is 2.45. The van der Waals surface area contributed by atoms with Gasteiger partial charge < -0.3 is 10.1 Å². The van der Waals surface area contributed by atoms with Crippen LogP contribution in [-0.2, 0) is 11.3 Å². The minimum atomic E-state index is -0.323. The third kappa shape index (κ3) is 8.57. The number of ether oxygens (including phenoxy) is 1. The summed E-state index contributed by atoms with van der Waals surface area (Å²) in [5, 5.41) is 2.79. The molecule has 0 spiro atoms. The molecule has 0 bridgehead atoms. The molecule has 0 saturated heterocycles. The molecular weight excluding hydrogens is 250 g/mol. The SMILES string of the molecule is CC(C)CCCCCCNC(=O)OCc1ccccc1. The molecule has 0 fully saturated rings. The van der Waals surface area contributed by atoms with E-state index >= 15 is 0 Å². The van der Waals surface area contributed by atoms with Gasteiger partial charge in [-0.1, -0.05) is 69.9 Å². The first kappa shape index (κ1) is 16.5. The predicted octanol–water partition coefficient (Wildman–Crippen LogP) is 4.52. The monoisotopic (exact) mass is 277 g/mol. The zero-order valence-electron chi connectivity index (χ0n) is 12.7. The molecule has 0 aliphatic heterocycles. The third-order valence-electron chi connectivity index (χ3n) is 3.19. The van der Waals surface area contributed by atoms with Crippen LogP contribution in [0, 0.1) is 5.92 Å². The lowest BCUT2D eigenvalue weighted by Crippen LogP contribution is -2.25. The van der Waals surface area contributed by atoms with Crippen molar-refractivity contribution in [2.45, 2.75) is 52.6 Å². The van der Waals surface area contributed by atoms with Gasteiger partial charge in [-0.05, 0) is 17.9 Å². The second kappa shape index (κ2) is 10.3. The fourth-order valence-electron chi connectivity index (χ4n) is 2.00. The van der Waals surface area contributed by atoms with Crippen molar-refractivity contribution in [3.8, 4) is 0 Å². The van der Waals surface area contributed by atoms with Gasteiger partial charge in [0, 0.05) is 6.54 Å². The molecule has 20 heavy (non-hydrogen) atoms. The van der Waals surface area contributed by atoms with E-state index in [1.807, 2.05) is 30.3 Å². The van der Waals surface area contributed by atoms with Crippen LogP contribution >= 0.6 is 0 Å². The number of carbonyl (C=O) groups excluding carboxylic acids is 1. The summed E-state index contributed by atoms with van der Waals surface area (Å²) in [6.45, 7) is 5.55. The van der Waals surface area contributed by atoms with Crippen LogP contribution in [0.5, 0.6) is 0 Å². The maximum absolute atomic E-state index is 11.5. The molecule has 1 N–H and O–H groups in total. The summed E-state index contributed by atoms with van der Waals surface area (Å²) >= 11 is 0. The highest BCUT2D eigenvalue weighted by Crippen LogP contribution is 2.09. The Kier molecular flexibility index (Phi) is 8.52. The fourth-order valence-corrected chi connectivity index (χ4v) is 2.00. The van der Waals surface area contributed by atoms with E-state index in [2.05, 4.69) is 19.2 Å². The molecule has 0 aromatic heterocycles. The first-order valence-electron chi connectivity index (χ1n) is 7.63. The Bertz CT molecular complexity index is 363. The number of amides is 1. The van der Waals surface area contributed by atoms with Crippen molar-refractivity contribution >= 4 is 6.09 Å². The van der Waals surface area contributed by atoms with Crippen molar-refractivity contribution in [1.82, 2.24) is 5.32 Å². The summed E-state index contributed by atoms with van der Waals surface area (Å²) in [6.07, 6.45) is 5.71. The number of unbranched alkanes of at least 4 members (excludes halogenated alkanes) is 3. The van der Waals surface area contributed by atoms with Crippen molar-refractivity contribution in [2.24, 2.45) is 5.92 Å². The highest BCUT2D eigenvalue weighted by atomic mass is 16.5. The summed E-state index contributed by atoms with van der Waals surface area (Å²) in [7, 11) is 0. The predicted molar refractivity (Wildman–Crippen MR) is 82.6 cm³/mol. The van der Waals surface area contributed by atoms with Gasteiger partial charge in [0.2, 0.25) is 0 Å². The lowest BCUT2D eigenvalue weighted by molar-refractivity contribution is 0.139. The molecule has 0 aliphatic rings. The number of benzene rings is 1. The number of hydrogen-bond acceptors (Lipinski definition) is 2. The lowest BCUT2D eigenvalue weighted by atomic mass is 10.0. The zero-order valence-corrected chi connectivity index (χ0v) is 12.7. The average molecular weight is 277 g/mol. The Hall–Kier alpha value is -1.51. The molecule has 112 valence electrons. The summed E-state index contributed by atoms with van der Waals surface area (Å²) in [4.78, 5) is 11.5. The number of rotatable bonds is 9. The lowest BCUT2D eigenvalue weighted by Gasteiger charge is -2.07. The van der Waals surface area contributed by atoms with Gasteiger partial charge in [0.25, 0.3) is 0 Å². The van der Waals surface area contributed by atoms with Crippen LogP contribution < -0.4 is 5.32 Å². The Morgan fingerprint density at radius 3 is 2.50 bits per heavy atom. The van der Waals surface area contributed by atoms with Gasteiger partial charge in [-0.3, -0.25) is 0 Å². The smallest absolute Gasteiger partial charge is 0.407 e. The van der Waals surface area contributed by atoms with Gasteiger partial charge in [0.15, 0.2) is 0 Å². The van der Waals surface area contributed by atoms with Gasteiger partial charge in [-0.25, -0.2) is 4.79 Å². The molecule has 0 saturated carbocycles. The number of hydrogen-bond donors (Lipinski definition) is 1. The van der Waals surface area contributed by atoms with Crippen LogP contribution in [0.2, 0.25) is 0 Å². The van der Waals surface area contributed by atoms with E-state index in [-0.39, 0.29) is 6.09 Å². The van der Waals surface area contributed by atoms with Crippen LogP contribution in [-0.4, -0.2) is 12.6 Å². The number of nitrogens with one attached hydrogen (secondary N) is 1. The number of carbonyl (C=O) groups is 1. The van der Waals surface area contributed by atoms with E-state index in [1.54, 1.807) is 0 Å². The van der Waals surface area contributed by atoms with Gasteiger partial charge in [-0.15, -0.1) is 0 Å². The second-order valence-corrected chi connectivity index (χ2v) is 5.59. The molecule has 3 nitrogen and oxygen atoms in total. The van der Waals surface area contributed by atoms with Crippen molar-refractivity contribution in [3.63, 3.8) is 0 Å². The molecule has 0 atom stereocenters. The number of alkyl carbamates (subject to hydrolysis) is 1. The summed E-state index contributed by atoms with van der Waals surface area (Å²) in [5.41, 5.74) is 1.01. The van der Waals surface area contributed by atoms with E-state index in [9.17, 15) is 4.79 Å². The zero-order chi connectivity index (χ0) is 14.6. The van der Waals surface area contributed by atoms with E-state index < -0.39 is 0 Å². The van der Waals surface area contributed by atoms with Crippen molar-refractivity contribution < 1.29 is 9.53 Å². The third-order valence-corrected chi connectivity index (χ3v) is 3.19. The van der Waals surface area contributed by atoms with E-state index in [0.29, 0.717) is 13.2 Å². The quantitative estimate of drug-likeness (QED) is 0.674. The van der Waals surface area contributed by atoms with Gasteiger partial charge in [-0.2, -0.15) is 0 Å². The van der Waals surface area contributed by atoms with Crippen LogP contribution in [0.1, 0.15) is 51.5 Å². The van der Waals surface area contributed by atoms with Crippen LogP contribution in [0.25, 0.3) is 0 Å². The Balaban J connectivity index is 1.95. The fraction of sp³-hybridized carbons (Fsp3) is 0.588. The maximum atomic E-state index is 11.5. The summed E-state index contributed by atoms with van der Waals surface area (Å²) < 4.78 is 5.14. The Morgan fingerprint density at radius 1 is 1.10 bits per heavy atom. The normalized spacial score (nSPS) is 10.6.